The van der Waals surface area contributed by atoms with Crippen LogP contribution in [0.1, 0.15) is 88.0 Å². The fraction of sp³-hybridized carbons (Fsp3) is 0.776. The Morgan fingerprint density at radius 2 is 1.46 bits per heavy atom. The number of hydrazine groups is 1. The topological polar surface area (TPSA) is 257 Å². The Balaban J connectivity index is 2.31. The highest BCUT2D eigenvalue weighted by Gasteiger charge is 2.49. The number of cyclic esters (lactones) is 1. The normalized spacial score (nSPS) is 36.1. The molecule has 4 N–H and O–H groups in total. The molecule has 2 saturated heterocycles. The van der Waals surface area contributed by atoms with Gasteiger partial charge in [0.1, 0.15) is 30.5 Å². The molecule has 0 aromatic rings. The molecule has 70 heavy (non-hydrogen) atoms. The van der Waals surface area contributed by atoms with Crippen LogP contribution in [0.15, 0.2) is 36.0 Å². The molecule has 17 atom stereocenters. The average Bonchev–Trinajstić information content (AvgIpc) is 3.30. The largest absolute Gasteiger partial charge is 0.463 e. The van der Waals surface area contributed by atoms with Crippen molar-refractivity contribution in [3.05, 3.63) is 36.0 Å². The number of nitrogens with zero attached hydrogens (tertiary/aromatic N) is 2. The molecule has 3 rings (SSSR count). The van der Waals surface area contributed by atoms with Crippen LogP contribution in [-0.2, 0) is 61.8 Å². The number of methoxy groups -OCH3 is 2. The summed E-state index contributed by atoms with van der Waals surface area (Å²) in [6.45, 7) is 14.9. The number of ketones is 1. The van der Waals surface area contributed by atoms with Gasteiger partial charge in [-0.25, -0.2) is 24.8 Å². The van der Waals surface area contributed by atoms with Crippen molar-refractivity contribution in [2.75, 3.05) is 54.7 Å². The van der Waals surface area contributed by atoms with Crippen LogP contribution in [0.4, 0.5) is 9.59 Å². The minimum atomic E-state index is -1.44. The quantitative estimate of drug-likeness (QED) is 0.0745. The Kier molecular flexibility index (Phi) is 25.4. The van der Waals surface area contributed by atoms with Crippen LogP contribution in [0.3, 0.4) is 0 Å². The number of ether oxygens (including phenoxy) is 10. The number of aliphatic hydroxyl groups is 3. The molecule has 0 unspecified atom stereocenters. The number of carbonyl (C=O) groups excluding carboxylic acids is 5. The van der Waals surface area contributed by atoms with Gasteiger partial charge < -0.3 is 67.6 Å². The lowest BCUT2D eigenvalue weighted by Crippen LogP contribution is -2.63. The molecule has 0 bridgehead atoms. The first kappa shape index (κ1) is 60.3. The van der Waals surface area contributed by atoms with Crippen molar-refractivity contribution >= 4 is 29.9 Å². The Morgan fingerprint density at radius 1 is 0.829 bits per heavy atom. The molecule has 3 heterocycles. The van der Waals surface area contributed by atoms with Crippen LogP contribution >= 0.6 is 0 Å². The van der Waals surface area contributed by atoms with Gasteiger partial charge in [0.05, 0.1) is 69.3 Å². The van der Waals surface area contributed by atoms with Gasteiger partial charge in [0.2, 0.25) is 0 Å². The highest BCUT2D eigenvalue weighted by atomic mass is 16.7. The zero-order chi connectivity index (χ0) is 52.4. The van der Waals surface area contributed by atoms with Crippen molar-refractivity contribution < 1.29 is 86.7 Å². The molecule has 21 nitrogen and oxygen atoms in total. The van der Waals surface area contributed by atoms with E-state index in [1.54, 1.807) is 86.5 Å². The summed E-state index contributed by atoms with van der Waals surface area (Å²) in [7, 11) is 6.26. The first-order chi connectivity index (χ1) is 33.2. The second-order valence-corrected chi connectivity index (χ2v) is 18.2. The van der Waals surface area contributed by atoms with E-state index < -0.39 is 134 Å². The zero-order valence-electron chi connectivity index (χ0n) is 43.2. The minimum absolute atomic E-state index is 0.0725. The van der Waals surface area contributed by atoms with Gasteiger partial charge in [-0.3, -0.25) is 9.59 Å². The molecule has 400 valence electrons. The van der Waals surface area contributed by atoms with Gasteiger partial charge in [0.15, 0.2) is 18.4 Å². The summed E-state index contributed by atoms with van der Waals surface area (Å²) < 4.78 is 58.7. The number of aliphatic hydroxyl groups excluding tert-OH is 3. The van der Waals surface area contributed by atoms with Crippen molar-refractivity contribution in [1.82, 2.24) is 15.3 Å². The standard InChI is InChI=1S/C49H81N3O18/c1-14-36-33(26-66-47-45(62-13)44(61-12)41(57)31(9)68-47)23-27(5)21-22-35(53)28(6)24-32(19-18-20-37(54)63-15-2)43(70-46-42(58)39(51(10)11)40(56)30(8)67-46)29(7)34(25-38(55)69-36)52(49(60)65-17-4)50-48(59)64-16-3/h18,20-23,28-34,36,39-47,56-58H,14-17,19,24-26H2,1-13H3,(H,50,59)/b20-18+,22-21+,27-23+/t28-,29+,30+,31-,32+,33-,34-,36-,39-,40+,41-,42+,43-,44-,45-,46-,47-/m1/s1. The van der Waals surface area contributed by atoms with Gasteiger partial charge in [-0.15, -0.1) is 0 Å². The number of allylic oxidation sites excluding steroid dienone is 4. The van der Waals surface area contributed by atoms with E-state index in [0.29, 0.717) is 5.57 Å². The molecule has 21 heteroatoms. The number of carbonyl (C=O) groups is 5. The van der Waals surface area contributed by atoms with E-state index in [2.05, 4.69) is 5.43 Å². The summed E-state index contributed by atoms with van der Waals surface area (Å²) in [6.07, 6.45) is -5.70. The summed E-state index contributed by atoms with van der Waals surface area (Å²) in [4.78, 5) is 70.4. The number of hydrogen-bond acceptors (Lipinski definition) is 19. The molecule has 2 fully saturated rings. The summed E-state index contributed by atoms with van der Waals surface area (Å²) in [5, 5.41) is 34.6. The van der Waals surface area contributed by atoms with Crippen molar-refractivity contribution in [3.63, 3.8) is 0 Å². The lowest BCUT2D eigenvalue weighted by molar-refractivity contribution is -0.304. The monoisotopic (exact) mass is 1000 g/mol. The molecule has 0 saturated carbocycles. The maximum atomic E-state index is 14.7. The number of esters is 2. The van der Waals surface area contributed by atoms with Gasteiger partial charge in [-0.1, -0.05) is 44.6 Å². The molecule has 0 spiro atoms. The fourth-order valence-corrected chi connectivity index (χ4v) is 9.21. The lowest BCUT2D eigenvalue weighted by Gasteiger charge is -2.47. The van der Waals surface area contributed by atoms with Gasteiger partial charge in [0.25, 0.3) is 0 Å². The lowest BCUT2D eigenvalue weighted by atomic mass is 9.78. The van der Waals surface area contributed by atoms with Crippen molar-refractivity contribution in [2.24, 2.45) is 23.7 Å². The highest BCUT2D eigenvalue weighted by molar-refractivity contribution is 5.91. The highest BCUT2D eigenvalue weighted by Crippen LogP contribution is 2.37. The third kappa shape index (κ3) is 16.8. The van der Waals surface area contributed by atoms with Crippen LogP contribution in [0.25, 0.3) is 0 Å². The Bertz CT molecular complexity index is 1760. The molecule has 0 aromatic heterocycles. The fourth-order valence-electron chi connectivity index (χ4n) is 9.21. The van der Waals surface area contributed by atoms with Gasteiger partial charge >= 0.3 is 24.1 Å². The number of amides is 2. The van der Waals surface area contributed by atoms with Crippen LogP contribution in [0.5, 0.6) is 0 Å². The SMILES string of the molecule is CCOC(=O)/C=C/C[C@H]1C[C@@H](C)C(=O)/C=C/C(C)=C/[C@H](CO[C@@H]2O[C@H](C)[C@@H](O)[C@@H](OC)[C@H]2OC)[C@@H](CC)OC(=O)C[C@@H](N(NC(=O)OCC)C(=O)OCC)[C@H](C)[C@H]1O[C@H]1O[C@@H](C)[C@H](O)[C@@H](N(C)C)[C@@H]1O. The second kappa shape index (κ2) is 29.5. The first-order valence-electron chi connectivity index (χ1n) is 24.3. The summed E-state index contributed by atoms with van der Waals surface area (Å²) >= 11 is 0. The molecule has 0 radical (unpaired) electrons. The number of hydrogen-bond donors (Lipinski definition) is 4. The van der Waals surface area contributed by atoms with E-state index in [4.69, 9.17) is 47.4 Å². The van der Waals surface area contributed by atoms with Crippen molar-refractivity contribution in [2.45, 2.75) is 168 Å². The predicted octanol–water partition coefficient (Wildman–Crippen LogP) is 3.61. The third-order valence-electron chi connectivity index (χ3n) is 13.0. The second-order valence-electron chi connectivity index (χ2n) is 18.2. The van der Waals surface area contributed by atoms with E-state index >= 15 is 0 Å². The summed E-state index contributed by atoms with van der Waals surface area (Å²) in [5.41, 5.74) is 3.09. The zero-order valence-corrected chi connectivity index (χ0v) is 43.2. The first-order valence-corrected chi connectivity index (χ1v) is 24.3. The maximum Gasteiger partial charge on any atom is 0.429 e. The molecule has 3 aliphatic rings. The van der Waals surface area contributed by atoms with E-state index in [1.807, 2.05) is 13.0 Å². The number of nitrogens with one attached hydrogen (secondary N) is 1. The summed E-state index contributed by atoms with van der Waals surface area (Å²) in [6, 6.07) is -2.22. The Hall–Kier alpha value is -4.03. The Labute approximate surface area is 413 Å². The maximum absolute atomic E-state index is 14.7. The Morgan fingerprint density at radius 3 is 2.06 bits per heavy atom. The minimum Gasteiger partial charge on any atom is -0.463 e. The third-order valence-corrected chi connectivity index (χ3v) is 13.0. The van der Waals surface area contributed by atoms with E-state index in [0.717, 1.165) is 5.01 Å². The van der Waals surface area contributed by atoms with Crippen LogP contribution in [-0.4, -0.2) is 189 Å². The number of likely N-dealkylation sites (N-methyl/N-ethyl adjacent to an activating group) is 1. The smallest absolute Gasteiger partial charge is 0.429 e. The van der Waals surface area contributed by atoms with Crippen molar-refractivity contribution in [1.29, 1.82) is 0 Å². The average molecular weight is 1000 g/mol. The molecule has 0 aliphatic carbocycles. The molecular weight excluding hydrogens is 919 g/mol. The van der Waals surface area contributed by atoms with Crippen LogP contribution < -0.4 is 5.43 Å². The summed E-state index contributed by atoms with van der Waals surface area (Å²) in [5.74, 6) is -4.81. The van der Waals surface area contributed by atoms with Crippen LogP contribution in [0, 0.1) is 23.7 Å². The number of rotatable bonds is 16. The van der Waals surface area contributed by atoms with Crippen LogP contribution in [0.2, 0.25) is 0 Å². The molecule has 3 aliphatic heterocycles. The molecular formula is C49H81N3O18. The molecule has 0 aromatic carbocycles. The molecule has 2 amide bonds. The van der Waals surface area contributed by atoms with Gasteiger partial charge in [-0.05, 0) is 86.9 Å². The predicted molar refractivity (Wildman–Crippen MR) is 252 cm³/mol. The van der Waals surface area contributed by atoms with Gasteiger partial charge in [0, 0.05) is 38.0 Å². The van der Waals surface area contributed by atoms with Gasteiger partial charge in [-0.2, -0.15) is 0 Å². The van der Waals surface area contributed by atoms with E-state index in [1.165, 1.54) is 26.4 Å². The van der Waals surface area contributed by atoms with Crippen molar-refractivity contribution in [3.8, 4) is 0 Å². The van der Waals surface area contributed by atoms with E-state index in [9.17, 15) is 39.3 Å². The van der Waals surface area contributed by atoms with E-state index in [-0.39, 0.29) is 51.5 Å².